The first-order chi connectivity index (χ1) is 16.1. The van der Waals surface area contributed by atoms with Gasteiger partial charge < -0.3 is 14.8 Å². The zero-order valence-corrected chi connectivity index (χ0v) is 18.6. The van der Waals surface area contributed by atoms with Crippen molar-refractivity contribution in [3.8, 4) is 5.75 Å². The number of nitrogens with zero attached hydrogens (tertiary/aromatic N) is 4. The van der Waals surface area contributed by atoms with Crippen LogP contribution in [0.15, 0.2) is 48.5 Å². The van der Waals surface area contributed by atoms with Gasteiger partial charge in [-0.05, 0) is 36.4 Å². The molecule has 0 spiro atoms. The third kappa shape index (κ3) is 4.29. The summed E-state index contributed by atoms with van der Waals surface area (Å²) in [6.45, 7) is 4.39. The lowest BCUT2D eigenvalue weighted by molar-refractivity contribution is -0.124. The molecule has 2 amide bonds. The highest BCUT2D eigenvalue weighted by atomic mass is 16.5. The monoisotopic (exact) mass is 449 g/mol. The van der Waals surface area contributed by atoms with E-state index in [9.17, 15) is 9.59 Å². The van der Waals surface area contributed by atoms with E-state index < -0.39 is 6.04 Å². The fourth-order valence-electron chi connectivity index (χ4n) is 4.44. The van der Waals surface area contributed by atoms with Crippen LogP contribution in [0.5, 0.6) is 5.75 Å². The molecule has 9 heteroatoms. The minimum absolute atomic E-state index is 0.0340. The van der Waals surface area contributed by atoms with Crippen molar-refractivity contribution in [2.24, 2.45) is 0 Å². The van der Waals surface area contributed by atoms with Gasteiger partial charge in [-0.3, -0.25) is 24.0 Å². The third-order valence-corrected chi connectivity index (χ3v) is 6.18. The number of fused-ring (bicyclic) bond motifs is 3. The first-order valence-corrected chi connectivity index (χ1v) is 11.2. The van der Waals surface area contributed by atoms with E-state index in [2.05, 4.69) is 10.2 Å². The number of hydrogen-bond acceptors (Lipinski definition) is 6. The Morgan fingerprint density at radius 1 is 1.12 bits per heavy atom. The smallest absolute Gasteiger partial charge is 0.253 e. The molecular formula is C24H27N5O4. The molecule has 0 bridgehead atoms. The van der Waals surface area contributed by atoms with Crippen molar-refractivity contribution in [1.82, 2.24) is 14.5 Å². The number of benzene rings is 2. The van der Waals surface area contributed by atoms with Crippen LogP contribution in [0.4, 0.5) is 11.6 Å². The summed E-state index contributed by atoms with van der Waals surface area (Å²) in [5.41, 5.74) is 2.33. The number of amides is 2. The number of morpholine rings is 1. The van der Waals surface area contributed by atoms with E-state index in [1.807, 2.05) is 28.8 Å². The lowest BCUT2D eigenvalue weighted by Crippen LogP contribution is -2.42. The van der Waals surface area contributed by atoms with Gasteiger partial charge in [0.1, 0.15) is 11.8 Å². The molecule has 0 radical (unpaired) electrons. The summed E-state index contributed by atoms with van der Waals surface area (Å²) >= 11 is 0. The van der Waals surface area contributed by atoms with Crippen molar-refractivity contribution < 1.29 is 19.1 Å². The fraction of sp³-hybridized carbons (Fsp3) is 0.375. The summed E-state index contributed by atoms with van der Waals surface area (Å²) in [6, 6.07) is 14.2. The zero-order valence-electron chi connectivity index (χ0n) is 18.6. The molecule has 1 aromatic heterocycles. The van der Waals surface area contributed by atoms with E-state index in [-0.39, 0.29) is 18.2 Å². The lowest BCUT2D eigenvalue weighted by Gasteiger charge is -2.28. The highest BCUT2D eigenvalue weighted by Crippen LogP contribution is 2.36. The topological polar surface area (TPSA) is 88.9 Å². The molecule has 3 heterocycles. The number of methoxy groups -OCH3 is 1. The highest BCUT2D eigenvalue weighted by Gasteiger charge is 2.40. The highest BCUT2D eigenvalue weighted by molar-refractivity contribution is 6.05. The van der Waals surface area contributed by atoms with Gasteiger partial charge in [0.05, 0.1) is 37.8 Å². The van der Waals surface area contributed by atoms with Crippen molar-refractivity contribution in [3.63, 3.8) is 0 Å². The lowest BCUT2D eigenvalue weighted by atomic mass is 10.1. The van der Waals surface area contributed by atoms with Gasteiger partial charge in [0.25, 0.3) is 5.91 Å². The van der Waals surface area contributed by atoms with Gasteiger partial charge in [0, 0.05) is 31.9 Å². The van der Waals surface area contributed by atoms with Gasteiger partial charge in [-0.25, -0.2) is 4.98 Å². The second-order valence-electron chi connectivity index (χ2n) is 8.21. The summed E-state index contributed by atoms with van der Waals surface area (Å²) in [7, 11) is 1.59. The van der Waals surface area contributed by atoms with Crippen molar-refractivity contribution in [3.05, 3.63) is 48.5 Å². The van der Waals surface area contributed by atoms with Crippen LogP contribution < -0.4 is 15.0 Å². The van der Waals surface area contributed by atoms with Crippen LogP contribution in [0, 0.1) is 0 Å². The van der Waals surface area contributed by atoms with E-state index in [4.69, 9.17) is 14.5 Å². The van der Waals surface area contributed by atoms with E-state index in [0.717, 1.165) is 30.7 Å². The molecule has 1 saturated heterocycles. The molecule has 172 valence electrons. The Morgan fingerprint density at radius 2 is 1.88 bits per heavy atom. The van der Waals surface area contributed by atoms with E-state index in [0.29, 0.717) is 37.1 Å². The summed E-state index contributed by atoms with van der Waals surface area (Å²) in [4.78, 5) is 35.1. The largest absolute Gasteiger partial charge is 0.497 e. The van der Waals surface area contributed by atoms with Crippen LogP contribution in [0.2, 0.25) is 0 Å². The number of rotatable bonds is 7. The molecule has 2 aliphatic rings. The number of hydrogen-bond donors (Lipinski definition) is 1. The zero-order chi connectivity index (χ0) is 22.8. The van der Waals surface area contributed by atoms with Gasteiger partial charge in [0.15, 0.2) is 0 Å². The summed E-state index contributed by atoms with van der Waals surface area (Å²) in [6.07, 6.45) is 0.0340. The molecule has 33 heavy (non-hydrogen) atoms. The Bertz CT molecular complexity index is 1150. The van der Waals surface area contributed by atoms with Crippen LogP contribution in [-0.2, 0) is 14.3 Å². The van der Waals surface area contributed by atoms with Crippen molar-refractivity contribution in [2.45, 2.75) is 12.5 Å². The van der Waals surface area contributed by atoms with Crippen LogP contribution in [0.1, 0.15) is 12.5 Å². The van der Waals surface area contributed by atoms with E-state index in [1.54, 1.807) is 36.3 Å². The Labute approximate surface area is 191 Å². The third-order valence-electron chi connectivity index (χ3n) is 6.18. The molecular weight excluding hydrogens is 422 g/mol. The summed E-state index contributed by atoms with van der Waals surface area (Å²) < 4.78 is 12.5. The number of imidazole rings is 1. The normalized spacial score (nSPS) is 18.5. The average molecular weight is 450 g/mol. The number of aromatic nitrogens is 2. The molecule has 2 aliphatic heterocycles. The van der Waals surface area contributed by atoms with E-state index >= 15 is 0 Å². The SMILES string of the molecule is COc1ccc(NC(=O)C[C@H]2C(=O)N(CCN3CCOCC3)c3nc4ccccc4n32)cc1. The first kappa shape index (κ1) is 21.4. The maximum Gasteiger partial charge on any atom is 0.253 e. The Balaban J connectivity index is 1.36. The van der Waals surface area contributed by atoms with E-state index in [1.165, 1.54) is 0 Å². The number of para-hydroxylation sites is 2. The summed E-state index contributed by atoms with van der Waals surface area (Å²) in [5.74, 6) is 1.000. The minimum Gasteiger partial charge on any atom is -0.497 e. The van der Waals surface area contributed by atoms with Crippen LogP contribution in [0.3, 0.4) is 0 Å². The van der Waals surface area contributed by atoms with Crippen molar-refractivity contribution >= 4 is 34.5 Å². The molecule has 1 atom stereocenters. The Morgan fingerprint density at radius 3 is 2.64 bits per heavy atom. The quantitative estimate of drug-likeness (QED) is 0.596. The Hall–Kier alpha value is -3.43. The van der Waals surface area contributed by atoms with Gasteiger partial charge in [-0.2, -0.15) is 0 Å². The second kappa shape index (κ2) is 9.21. The standard InChI is InChI=1S/C24H27N5O4/c1-32-18-8-6-17(7-9-18)25-22(30)16-21-23(31)28(11-10-27-12-14-33-15-13-27)24-26-19-4-2-3-5-20(19)29(21)24/h2-9,21H,10-16H2,1H3,(H,25,30)/t21-/m0/s1. The van der Waals surface area contributed by atoms with Gasteiger partial charge in [-0.15, -0.1) is 0 Å². The molecule has 1 fully saturated rings. The Kier molecular flexibility index (Phi) is 5.97. The fourth-order valence-corrected chi connectivity index (χ4v) is 4.44. The maximum absolute atomic E-state index is 13.4. The van der Waals surface area contributed by atoms with Gasteiger partial charge >= 0.3 is 0 Å². The molecule has 2 aromatic carbocycles. The van der Waals surface area contributed by atoms with Gasteiger partial charge in [0.2, 0.25) is 11.9 Å². The molecule has 0 aliphatic carbocycles. The van der Waals surface area contributed by atoms with Crippen LogP contribution in [-0.4, -0.2) is 72.8 Å². The molecule has 3 aromatic rings. The maximum atomic E-state index is 13.4. The number of carbonyl (C=O) groups excluding carboxylic acids is 2. The number of nitrogens with one attached hydrogen (secondary N) is 1. The molecule has 0 saturated carbocycles. The number of anilines is 2. The number of carbonyl (C=O) groups is 2. The number of ether oxygens (including phenoxy) is 2. The molecule has 0 unspecified atom stereocenters. The summed E-state index contributed by atoms with van der Waals surface area (Å²) in [5, 5.41) is 2.89. The molecule has 5 rings (SSSR count). The van der Waals surface area contributed by atoms with Gasteiger partial charge in [-0.1, -0.05) is 12.1 Å². The predicted molar refractivity (Wildman–Crippen MR) is 125 cm³/mol. The molecule has 9 nitrogen and oxygen atoms in total. The predicted octanol–water partition coefficient (Wildman–Crippen LogP) is 2.29. The first-order valence-electron chi connectivity index (χ1n) is 11.2. The van der Waals surface area contributed by atoms with Crippen LogP contribution in [0.25, 0.3) is 11.0 Å². The average Bonchev–Trinajstić information content (AvgIpc) is 3.33. The minimum atomic E-state index is -0.629. The van der Waals surface area contributed by atoms with Crippen molar-refractivity contribution in [2.75, 3.05) is 56.7 Å². The van der Waals surface area contributed by atoms with Crippen LogP contribution >= 0.6 is 0 Å². The second-order valence-corrected chi connectivity index (χ2v) is 8.21. The molecule has 1 N–H and O–H groups in total. The van der Waals surface area contributed by atoms with Crippen molar-refractivity contribution in [1.29, 1.82) is 0 Å².